The number of hydrogen-bond donors (Lipinski definition) is 1. The Morgan fingerprint density at radius 2 is 1.62 bits per heavy atom. The number of hydrogen-bond acceptors (Lipinski definition) is 6. The Bertz CT molecular complexity index is 848. The summed E-state index contributed by atoms with van der Waals surface area (Å²) >= 11 is 0. The highest BCUT2D eigenvalue weighted by Crippen LogP contribution is 2.35. The smallest absolute Gasteiger partial charge is 0.308 e. The van der Waals surface area contributed by atoms with Crippen LogP contribution in [-0.2, 0) is 23.9 Å². The zero-order valence-electron chi connectivity index (χ0n) is 16.1. The van der Waals surface area contributed by atoms with Crippen LogP contribution in [-0.4, -0.2) is 47.5 Å². The predicted octanol–water partition coefficient (Wildman–Crippen LogP) is 1.71. The van der Waals surface area contributed by atoms with Gasteiger partial charge in [0.15, 0.2) is 12.4 Å². The molecule has 1 aliphatic heterocycles. The van der Waals surface area contributed by atoms with Gasteiger partial charge in [0.05, 0.1) is 18.3 Å². The number of imide groups is 1. The molecule has 2 atom stereocenters. The van der Waals surface area contributed by atoms with Gasteiger partial charge in [0.2, 0.25) is 17.7 Å². The first kappa shape index (κ1) is 20.4. The quantitative estimate of drug-likeness (QED) is 0.324. The van der Waals surface area contributed by atoms with Gasteiger partial charge in [-0.3, -0.25) is 28.9 Å². The van der Waals surface area contributed by atoms with Gasteiger partial charge < -0.3 is 10.1 Å². The van der Waals surface area contributed by atoms with Gasteiger partial charge in [0, 0.05) is 24.7 Å². The molecule has 1 heterocycles. The van der Waals surface area contributed by atoms with Crippen LogP contribution in [0.4, 0.5) is 5.69 Å². The van der Waals surface area contributed by atoms with Gasteiger partial charge in [0.25, 0.3) is 0 Å². The number of anilines is 1. The zero-order valence-corrected chi connectivity index (χ0v) is 16.1. The summed E-state index contributed by atoms with van der Waals surface area (Å²) in [6.45, 7) is 0.908. The van der Waals surface area contributed by atoms with E-state index >= 15 is 0 Å². The summed E-state index contributed by atoms with van der Waals surface area (Å²) in [4.78, 5) is 60.9. The van der Waals surface area contributed by atoms with E-state index in [1.165, 1.54) is 19.1 Å². The van der Waals surface area contributed by atoms with E-state index < -0.39 is 18.4 Å². The van der Waals surface area contributed by atoms with Crippen LogP contribution in [0.2, 0.25) is 0 Å². The molecule has 1 saturated heterocycles. The second-order valence-electron chi connectivity index (χ2n) is 7.08. The third-order valence-corrected chi connectivity index (χ3v) is 5.03. The highest BCUT2D eigenvalue weighted by atomic mass is 16.5. The lowest BCUT2D eigenvalue weighted by Crippen LogP contribution is -2.33. The molecule has 1 N–H and O–H groups in total. The van der Waals surface area contributed by atoms with Crippen molar-refractivity contribution in [3.05, 3.63) is 42.0 Å². The minimum absolute atomic E-state index is 0.0386. The summed E-state index contributed by atoms with van der Waals surface area (Å²) in [7, 11) is 0. The second kappa shape index (κ2) is 8.81. The van der Waals surface area contributed by atoms with Crippen molar-refractivity contribution in [3.8, 4) is 0 Å². The van der Waals surface area contributed by atoms with Crippen LogP contribution in [0.5, 0.6) is 0 Å². The lowest BCUT2D eigenvalue weighted by Gasteiger charge is -2.14. The van der Waals surface area contributed by atoms with Crippen LogP contribution in [0.25, 0.3) is 0 Å². The molecule has 0 aromatic heterocycles. The van der Waals surface area contributed by atoms with E-state index in [1.54, 1.807) is 12.1 Å². The first-order chi connectivity index (χ1) is 13.9. The summed E-state index contributed by atoms with van der Waals surface area (Å²) in [6, 6.07) is 6.21. The summed E-state index contributed by atoms with van der Waals surface area (Å²) < 4.78 is 4.98. The first-order valence-electron chi connectivity index (χ1n) is 9.43. The first-order valence-corrected chi connectivity index (χ1v) is 9.43. The number of Topliss-reactive ketones (excluding diaryl/α,β-unsaturated/α-hetero) is 1. The van der Waals surface area contributed by atoms with Crippen LogP contribution in [0, 0.1) is 11.8 Å². The fraction of sp³-hybridized carbons (Fsp3) is 0.381. The van der Waals surface area contributed by atoms with Crippen LogP contribution in [0.1, 0.15) is 36.5 Å². The van der Waals surface area contributed by atoms with Crippen molar-refractivity contribution in [2.45, 2.75) is 26.2 Å². The number of ketones is 1. The molecular formula is C21H22N2O6. The number of amides is 3. The SMILES string of the molecule is CC(=O)Nc1ccc(C(=O)COC(=O)CCN2C(=O)[C@H]3CC=CC[C@H]3C2=O)cc1. The number of rotatable bonds is 7. The van der Waals surface area contributed by atoms with Crippen LogP contribution < -0.4 is 5.32 Å². The van der Waals surface area contributed by atoms with Crippen molar-refractivity contribution in [1.29, 1.82) is 0 Å². The van der Waals surface area contributed by atoms with Gasteiger partial charge in [-0.05, 0) is 37.1 Å². The lowest BCUT2D eigenvalue weighted by atomic mass is 9.85. The summed E-state index contributed by atoms with van der Waals surface area (Å²) in [5, 5.41) is 2.59. The van der Waals surface area contributed by atoms with Gasteiger partial charge in [0.1, 0.15) is 0 Å². The fourth-order valence-corrected chi connectivity index (χ4v) is 3.54. The van der Waals surface area contributed by atoms with E-state index in [2.05, 4.69) is 5.32 Å². The van der Waals surface area contributed by atoms with Gasteiger partial charge in [-0.25, -0.2) is 0 Å². The molecule has 3 rings (SSSR count). The van der Waals surface area contributed by atoms with Crippen LogP contribution in [0.3, 0.4) is 0 Å². The molecule has 8 heteroatoms. The normalized spacial score (nSPS) is 20.4. The number of carbonyl (C=O) groups is 5. The number of carbonyl (C=O) groups excluding carboxylic acids is 5. The average molecular weight is 398 g/mol. The number of ether oxygens (including phenoxy) is 1. The molecule has 3 amide bonds. The third-order valence-electron chi connectivity index (χ3n) is 5.03. The lowest BCUT2D eigenvalue weighted by molar-refractivity contribution is -0.145. The van der Waals surface area contributed by atoms with Crippen molar-refractivity contribution in [2.24, 2.45) is 11.8 Å². The average Bonchev–Trinajstić information content (AvgIpc) is 2.95. The third kappa shape index (κ3) is 4.77. The fourth-order valence-electron chi connectivity index (χ4n) is 3.54. The van der Waals surface area contributed by atoms with Crippen molar-refractivity contribution < 1.29 is 28.7 Å². The molecule has 1 aliphatic carbocycles. The number of benzene rings is 1. The van der Waals surface area contributed by atoms with Crippen molar-refractivity contribution in [1.82, 2.24) is 4.90 Å². The van der Waals surface area contributed by atoms with Crippen LogP contribution >= 0.6 is 0 Å². The molecule has 0 unspecified atom stereocenters. The maximum absolute atomic E-state index is 12.3. The van der Waals surface area contributed by atoms with Gasteiger partial charge >= 0.3 is 5.97 Å². The van der Waals surface area contributed by atoms with Gasteiger partial charge in [-0.1, -0.05) is 12.2 Å². The number of fused-ring (bicyclic) bond motifs is 1. The zero-order chi connectivity index (χ0) is 21.0. The molecule has 2 aliphatic rings. The van der Waals surface area contributed by atoms with E-state index in [0.717, 1.165) is 4.90 Å². The van der Waals surface area contributed by atoms with E-state index in [0.29, 0.717) is 24.1 Å². The van der Waals surface area contributed by atoms with Crippen molar-refractivity contribution in [2.75, 3.05) is 18.5 Å². The molecule has 0 bridgehead atoms. The molecule has 1 aromatic rings. The van der Waals surface area contributed by atoms with E-state index in [9.17, 15) is 24.0 Å². The summed E-state index contributed by atoms with van der Waals surface area (Å²) in [6.07, 6.45) is 4.74. The monoisotopic (exact) mass is 398 g/mol. The highest BCUT2D eigenvalue weighted by Gasteiger charge is 2.46. The number of nitrogens with zero attached hydrogens (tertiary/aromatic N) is 1. The Morgan fingerprint density at radius 1 is 1.03 bits per heavy atom. The molecule has 29 heavy (non-hydrogen) atoms. The maximum atomic E-state index is 12.3. The Morgan fingerprint density at radius 3 is 2.17 bits per heavy atom. The molecule has 0 radical (unpaired) electrons. The second-order valence-corrected chi connectivity index (χ2v) is 7.08. The van der Waals surface area contributed by atoms with E-state index in [-0.39, 0.29) is 42.5 Å². The number of esters is 1. The Labute approximate surface area is 167 Å². The Kier molecular flexibility index (Phi) is 6.21. The molecular weight excluding hydrogens is 376 g/mol. The standard InChI is InChI=1S/C21H22N2O6/c1-13(24)22-15-8-6-14(7-9-15)18(25)12-29-19(26)10-11-23-20(27)16-4-2-3-5-17(16)21(23)28/h2-3,6-9,16-17H,4-5,10-12H2,1H3,(H,22,24)/t16-,17+. The van der Waals surface area contributed by atoms with Gasteiger partial charge in [-0.15, -0.1) is 0 Å². The molecule has 0 saturated carbocycles. The molecule has 1 fully saturated rings. The van der Waals surface area contributed by atoms with Crippen molar-refractivity contribution in [3.63, 3.8) is 0 Å². The largest absolute Gasteiger partial charge is 0.457 e. The topological polar surface area (TPSA) is 110 Å². The number of likely N-dealkylation sites (tertiary alicyclic amines) is 1. The molecule has 152 valence electrons. The minimum atomic E-state index is -0.651. The molecule has 0 spiro atoms. The molecule has 1 aromatic carbocycles. The summed E-state index contributed by atoms with van der Waals surface area (Å²) in [5.41, 5.74) is 0.898. The maximum Gasteiger partial charge on any atom is 0.308 e. The van der Waals surface area contributed by atoms with Crippen molar-refractivity contribution >= 4 is 35.2 Å². The summed E-state index contributed by atoms with van der Waals surface area (Å²) in [5.74, 6) is -2.40. The van der Waals surface area contributed by atoms with Gasteiger partial charge in [-0.2, -0.15) is 0 Å². The number of allylic oxidation sites excluding steroid dienone is 2. The van der Waals surface area contributed by atoms with Crippen LogP contribution in [0.15, 0.2) is 36.4 Å². The molecule has 8 nitrogen and oxygen atoms in total. The Balaban J connectivity index is 1.45. The Hall–Kier alpha value is -3.29. The highest BCUT2D eigenvalue weighted by molar-refractivity contribution is 6.05. The predicted molar refractivity (Wildman–Crippen MR) is 103 cm³/mol. The number of nitrogens with one attached hydrogen (secondary N) is 1. The minimum Gasteiger partial charge on any atom is -0.457 e. The van der Waals surface area contributed by atoms with E-state index in [4.69, 9.17) is 4.74 Å². The van der Waals surface area contributed by atoms with E-state index in [1.807, 2.05) is 12.2 Å².